The topological polar surface area (TPSA) is 43.1 Å². The maximum Gasteiger partial charge on any atom is 0.220 e. The number of hydrogen-bond acceptors (Lipinski definition) is 1. The maximum atomic E-state index is 10.5. The van der Waals surface area contributed by atoms with Gasteiger partial charge in [-0.2, -0.15) is 0 Å². The van der Waals surface area contributed by atoms with E-state index in [0.29, 0.717) is 5.92 Å². The van der Waals surface area contributed by atoms with E-state index in [-0.39, 0.29) is 13.3 Å². The first-order valence-corrected chi connectivity index (χ1v) is 3.33. The molecule has 9 heavy (non-hydrogen) atoms. The number of nitrogens with two attached hydrogens (primary N) is 1. The normalized spacial score (nSPS) is 13.8. The van der Waals surface area contributed by atoms with E-state index in [1.54, 1.807) is 0 Å². The molecule has 0 aromatic carbocycles. The van der Waals surface area contributed by atoms with Gasteiger partial charge in [-0.05, 0) is 12.3 Å². The fourth-order valence-corrected chi connectivity index (χ4v) is 0.823. The Morgan fingerprint density at radius 3 is 2.11 bits per heavy atom. The average Bonchev–Trinajstić information content (AvgIpc) is 1.63. The molecule has 0 aliphatic carbocycles. The zero-order valence-electron chi connectivity index (χ0n) is 6.35. The second-order valence-corrected chi connectivity index (χ2v) is 2.93. The molecule has 0 aromatic heterocycles. The van der Waals surface area contributed by atoms with Gasteiger partial charge in [0.05, 0.1) is 0 Å². The van der Waals surface area contributed by atoms with Crippen molar-refractivity contribution in [2.45, 2.75) is 27.2 Å². The predicted molar refractivity (Wildman–Crippen MR) is 39.9 cm³/mol. The van der Waals surface area contributed by atoms with Crippen molar-refractivity contribution < 1.29 is 6.22 Å². The van der Waals surface area contributed by atoms with Crippen LogP contribution in [-0.2, 0) is 4.79 Å². The quantitative estimate of drug-likeness (QED) is 0.618. The molecule has 0 saturated heterocycles. The second-order valence-electron chi connectivity index (χ2n) is 2.93. The van der Waals surface area contributed by atoms with Crippen molar-refractivity contribution in [3.63, 3.8) is 0 Å². The van der Waals surface area contributed by atoms with E-state index in [1.165, 1.54) is 0 Å². The fourth-order valence-electron chi connectivity index (χ4n) is 0.823. The number of hydrogen-bond donors (Lipinski definition) is 1. The fraction of sp³-hybridized carbons (Fsp3) is 0.857. The Morgan fingerprint density at radius 1 is 1.56 bits per heavy atom. The van der Waals surface area contributed by atoms with Crippen LogP contribution < -0.4 is 5.73 Å². The van der Waals surface area contributed by atoms with Crippen molar-refractivity contribution in [3.05, 3.63) is 0 Å². The summed E-state index contributed by atoms with van der Waals surface area (Å²) in [6.07, 6.45) is 0.898. The Hall–Kier alpha value is -0.530. The van der Waals surface area contributed by atoms with Gasteiger partial charge in [-0.1, -0.05) is 20.8 Å². The third-order valence-corrected chi connectivity index (χ3v) is 1.31. The third-order valence-electron chi connectivity index (χ3n) is 1.31. The molecule has 0 bridgehead atoms. The number of carbonyl (C=O) groups excluding carboxylic acids is 1. The lowest BCUT2D eigenvalue weighted by molar-refractivity contribution is -0.121. The molecule has 0 radical (unpaired) electrons. The molecule has 0 aliphatic heterocycles. The molecule has 2 N–H and O–H groups in total. The molecule has 0 rings (SSSR count). The summed E-state index contributed by atoms with van der Waals surface area (Å²) < 4.78 is 0. The zero-order chi connectivity index (χ0) is 7.44. The molecule has 0 heterocycles. The minimum Gasteiger partial charge on any atom is -0.369 e. The van der Waals surface area contributed by atoms with Gasteiger partial charge < -0.3 is 5.73 Å². The summed E-state index contributed by atoms with van der Waals surface area (Å²) in [6, 6.07) is 0. The number of primary amides is 1. The summed E-state index contributed by atoms with van der Waals surface area (Å²) in [6.45, 7) is 6.03. The van der Waals surface area contributed by atoms with Crippen LogP contribution in [0, 0.1) is 11.8 Å². The summed E-state index contributed by atoms with van der Waals surface area (Å²) >= 11 is 0. The Kier molecular flexibility index (Phi) is 3.28. The average molecular weight is 131 g/mol. The standard InChI is InChI=1S/C7H15NO.H2/c1-5(2)4-6(3)7(8)9;/h5-6H,4H2,1-3H3,(H2,8,9);1H/t6-;/m0./s1. The molecule has 1 amide bonds. The van der Waals surface area contributed by atoms with Crippen LogP contribution in [0.2, 0.25) is 0 Å². The summed E-state index contributed by atoms with van der Waals surface area (Å²) in [5.41, 5.74) is 5.05. The Morgan fingerprint density at radius 2 is 2.00 bits per heavy atom. The lowest BCUT2D eigenvalue weighted by atomic mass is 9.99. The van der Waals surface area contributed by atoms with Crippen LogP contribution in [0.15, 0.2) is 0 Å². The Bertz CT molecular complexity index is 104. The van der Waals surface area contributed by atoms with Crippen molar-refractivity contribution in [1.82, 2.24) is 0 Å². The van der Waals surface area contributed by atoms with Gasteiger partial charge in [0.25, 0.3) is 0 Å². The lowest BCUT2D eigenvalue weighted by Crippen LogP contribution is -2.21. The van der Waals surface area contributed by atoms with Gasteiger partial charge in [-0.25, -0.2) is 0 Å². The van der Waals surface area contributed by atoms with Gasteiger partial charge in [0.1, 0.15) is 0 Å². The number of carbonyl (C=O) groups is 1. The smallest absolute Gasteiger partial charge is 0.220 e. The van der Waals surface area contributed by atoms with Crippen molar-refractivity contribution in [1.29, 1.82) is 0 Å². The van der Waals surface area contributed by atoms with E-state index in [1.807, 2.05) is 6.92 Å². The number of rotatable bonds is 3. The molecular formula is C7H17NO. The molecular weight excluding hydrogens is 114 g/mol. The minimum absolute atomic E-state index is 0. The Labute approximate surface area is 57.9 Å². The SMILES string of the molecule is CC(C)C[C@H](C)C(N)=O.[HH]. The first-order chi connectivity index (χ1) is 4.04. The van der Waals surface area contributed by atoms with Crippen LogP contribution in [0.3, 0.4) is 0 Å². The van der Waals surface area contributed by atoms with E-state index in [4.69, 9.17) is 5.73 Å². The molecule has 1 atom stereocenters. The summed E-state index contributed by atoms with van der Waals surface area (Å²) in [7, 11) is 0. The van der Waals surface area contributed by atoms with Crippen LogP contribution in [0.25, 0.3) is 0 Å². The van der Waals surface area contributed by atoms with Crippen molar-refractivity contribution in [3.8, 4) is 0 Å². The van der Waals surface area contributed by atoms with Gasteiger partial charge in [-0.15, -0.1) is 0 Å². The second kappa shape index (κ2) is 3.49. The molecule has 0 spiro atoms. The van der Waals surface area contributed by atoms with Crippen LogP contribution in [-0.4, -0.2) is 5.91 Å². The molecule has 2 heteroatoms. The van der Waals surface area contributed by atoms with Crippen LogP contribution in [0.4, 0.5) is 0 Å². The number of amides is 1. The van der Waals surface area contributed by atoms with Crippen molar-refractivity contribution in [2.24, 2.45) is 17.6 Å². The van der Waals surface area contributed by atoms with Gasteiger partial charge in [0.2, 0.25) is 5.91 Å². The molecule has 0 aromatic rings. The van der Waals surface area contributed by atoms with Crippen molar-refractivity contribution >= 4 is 5.91 Å². The third kappa shape index (κ3) is 4.01. The summed E-state index contributed by atoms with van der Waals surface area (Å²) in [4.78, 5) is 10.5. The van der Waals surface area contributed by atoms with E-state index in [9.17, 15) is 4.79 Å². The molecule has 0 unspecified atom stereocenters. The maximum absolute atomic E-state index is 10.5. The highest BCUT2D eigenvalue weighted by Gasteiger charge is 2.09. The van der Waals surface area contributed by atoms with E-state index in [2.05, 4.69) is 13.8 Å². The highest BCUT2D eigenvalue weighted by molar-refractivity contribution is 5.76. The molecule has 2 nitrogen and oxygen atoms in total. The molecule has 0 saturated carbocycles. The van der Waals surface area contributed by atoms with Crippen LogP contribution in [0.1, 0.15) is 28.6 Å². The van der Waals surface area contributed by atoms with Crippen molar-refractivity contribution in [2.75, 3.05) is 0 Å². The highest BCUT2D eigenvalue weighted by Crippen LogP contribution is 2.09. The van der Waals surface area contributed by atoms with Gasteiger partial charge in [-0.3, -0.25) is 4.79 Å². The monoisotopic (exact) mass is 131 g/mol. The largest absolute Gasteiger partial charge is 0.369 e. The Balaban J connectivity index is 0. The van der Waals surface area contributed by atoms with E-state index < -0.39 is 0 Å². The lowest BCUT2D eigenvalue weighted by Gasteiger charge is -2.08. The minimum atomic E-state index is -0.191. The summed E-state index contributed by atoms with van der Waals surface area (Å²) in [5, 5.41) is 0. The van der Waals surface area contributed by atoms with Gasteiger partial charge in [0, 0.05) is 7.34 Å². The van der Waals surface area contributed by atoms with E-state index in [0.717, 1.165) is 6.42 Å². The molecule has 0 fully saturated rings. The first-order valence-electron chi connectivity index (χ1n) is 3.33. The van der Waals surface area contributed by atoms with Crippen LogP contribution in [0.5, 0.6) is 0 Å². The summed E-state index contributed by atoms with van der Waals surface area (Å²) in [5.74, 6) is 0.404. The van der Waals surface area contributed by atoms with E-state index >= 15 is 0 Å². The molecule has 56 valence electrons. The zero-order valence-corrected chi connectivity index (χ0v) is 6.35. The van der Waals surface area contributed by atoms with Gasteiger partial charge >= 0.3 is 0 Å². The molecule has 0 aliphatic rings. The first kappa shape index (κ1) is 8.47. The predicted octanol–water partition coefficient (Wildman–Crippen LogP) is 1.40. The van der Waals surface area contributed by atoms with Gasteiger partial charge in [0.15, 0.2) is 0 Å². The van der Waals surface area contributed by atoms with Crippen LogP contribution >= 0.6 is 0 Å². The highest BCUT2D eigenvalue weighted by atomic mass is 16.1.